The summed E-state index contributed by atoms with van der Waals surface area (Å²) < 4.78 is 13.4. The highest BCUT2D eigenvalue weighted by Crippen LogP contribution is 2.29. The van der Waals surface area contributed by atoms with Gasteiger partial charge in [0.1, 0.15) is 5.82 Å². The van der Waals surface area contributed by atoms with E-state index in [4.69, 9.17) is 17.4 Å². The molecule has 0 bridgehead atoms. The Bertz CT molecular complexity index is 585. The van der Waals surface area contributed by atoms with Crippen molar-refractivity contribution in [3.05, 3.63) is 50.2 Å². The maximum absolute atomic E-state index is 13.4. The van der Waals surface area contributed by atoms with Gasteiger partial charge in [0.25, 0.3) is 0 Å². The Hall–Kier alpha value is -1.01. The lowest BCUT2D eigenvalue weighted by Gasteiger charge is -2.16. The van der Waals surface area contributed by atoms with E-state index in [1.54, 1.807) is 23.5 Å². The zero-order valence-electron chi connectivity index (χ0n) is 10.7. The van der Waals surface area contributed by atoms with Crippen LogP contribution in [0.5, 0.6) is 0 Å². The molecular weight excluding hydrogens is 285 g/mol. The van der Waals surface area contributed by atoms with Crippen LogP contribution in [0.15, 0.2) is 18.2 Å². The quantitative estimate of drug-likeness (QED) is 0.673. The molecular formula is C13H15ClFN3S. The number of rotatable bonds is 4. The van der Waals surface area contributed by atoms with E-state index < -0.39 is 5.82 Å². The fourth-order valence-corrected chi connectivity index (χ4v) is 3.21. The number of benzene rings is 1. The first-order valence-corrected chi connectivity index (χ1v) is 7.05. The molecule has 1 aromatic heterocycles. The van der Waals surface area contributed by atoms with E-state index in [0.29, 0.717) is 6.42 Å². The summed E-state index contributed by atoms with van der Waals surface area (Å²) in [6.07, 6.45) is 0.523. The number of thiazole rings is 1. The first-order chi connectivity index (χ1) is 9.02. The van der Waals surface area contributed by atoms with Gasteiger partial charge in [0, 0.05) is 4.88 Å². The lowest BCUT2D eigenvalue weighted by molar-refractivity contribution is 0.553. The van der Waals surface area contributed by atoms with Crippen molar-refractivity contribution >= 4 is 22.9 Å². The van der Waals surface area contributed by atoms with Crippen LogP contribution in [-0.4, -0.2) is 4.98 Å². The number of nitrogens with two attached hydrogens (primary N) is 1. The minimum absolute atomic E-state index is 0.120. The molecule has 1 unspecified atom stereocenters. The summed E-state index contributed by atoms with van der Waals surface area (Å²) in [5.41, 5.74) is 4.43. The van der Waals surface area contributed by atoms with Crippen LogP contribution in [0.4, 0.5) is 4.39 Å². The van der Waals surface area contributed by atoms with E-state index in [9.17, 15) is 4.39 Å². The molecule has 0 fully saturated rings. The van der Waals surface area contributed by atoms with Crippen LogP contribution in [0.3, 0.4) is 0 Å². The zero-order chi connectivity index (χ0) is 14.0. The fourth-order valence-electron chi connectivity index (χ4n) is 2.02. The monoisotopic (exact) mass is 299 g/mol. The van der Waals surface area contributed by atoms with Gasteiger partial charge < -0.3 is 0 Å². The molecule has 0 aliphatic heterocycles. The van der Waals surface area contributed by atoms with Gasteiger partial charge in [-0.15, -0.1) is 11.3 Å². The molecule has 2 rings (SSSR count). The van der Waals surface area contributed by atoms with Crippen LogP contribution in [0.1, 0.15) is 27.2 Å². The van der Waals surface area contributed by atoms with Crippen LogP contribution in [0.2, 0.25) is 5.02 Å². The van der Waals surface area contributed by atoms with Gasteiger partial charge in [0.2, 0.25) is 0 Å². The molecule has 0 saturated carbocycles. The van der Waals surface area contributed by atoms with Crippen LogP contribution in [0.25, 0.3) is 0 Å². The molecule has 3 nitrogen and oxygen atoms in total. The van der Waals surface area contributed by atoms with Gasteiger partial charge in [0.15, 0.2) is 0 Å². The molecule has 0 spiro atoms. The summed E-state index contributed by atoms with van der Waals surface area (Å²) in [5.74, 6) is 5.20. The van der Waals surface area contributed by atoms with E-state index in [0.717, 1.165) is 21.1 Å². The number of hydrazine groups is 1. The Morgan fingerprint density at radius 2 is 2.21 bits per heavy atom. The van der Waals surface area contributed by atoms with Crippen molar-refractivity contribution in [1.29, 1.82) is 0 Å². The van der Waals surface area contributed by atoms with Crippen molar-refractivity contribution in [2.45, 2.75) is 26.3 Å². The molecule has 0 amide bonds. The van der Waals surface area contributed by atoms with Crippen molar-refractivity contribution in [2.75, 3.05) is 0 Å². The Morgan fingerprint density at radius 3 is 2.79 bits per heavy atom. The molecule has 0 radical (unpaired) electrons. The van der Waals surface area contributed by atoms with E-state index >= 15 is 0 Å². The van der Waals surface area contributed by atoms with Gasteiger partial charge in [0.05, 0.1) is 21.8 Å². The molecule has 3 N–H and O–H groups in total. The smallest absolute Gasteiger partial charge is 0.142 e. The maximum Gasteiger partial charge on any atom is 0.142 e. The molecule has 19 heavy (non-hydrogen) atoms. The third-order valence-electron chi connectivity index (χ3n) is 2.91. The maximum atomic E-state index is 13.4. The van der Waals surface area contributed by atoms with Crippen LogP contribution < -0.4 is 11.3 Å². The predicted molar refractivity (Wildman–Crippen MR) is 76.8 cm³/mol. The highest BCUT2D eigenvalue weighted by molar-refractivity contribution is 7.11. The summed E-state index contributed by atoms with van der Waals surface area (Å²) in [6, 6.07) is 4.68. The Balaban J connectivity index is 2.29. The van der Waals surface area contributed by atoms with Crippen LogP contribution in [-0.2, 0) is 6.42 Å². The normalized spacial score (nSPS) is 12.7. The zero-order valence-corrected chi connectivity index (χ0v) is 12.3. The fraction of sp³-hybridized carbons (Fsp3) is 0.308. The molecule has 0 saturated heterocycles. The van der Waals surface area contributed by atoms with Gasteiger partial charge in [-0.1, -0.05) is 23.7 Å². The van der Waals surface area contributed by atoms with E-state index in [1.807, 2.05) is 13.8 Å². The van der Waals surface area contributed by atoms with E-state index in [-0.39, 0.29) is 11.1 Å². The Labute approximate surface area is 120 Å². The Morgan fingerprint density at radius 1 is 1.47 bits per heavy atom. The van der Waals surface area contributed by atoms with Gasteiger partial charge in [-0.2, -0.15) is 0 Å². The number of aromatic nitrogens is 1. The van der Waals surface area contributed by atoms with Crippen LogP contribution in [0, 0.1) is 19.7 Å². The minimum Gasteiger partial charge on any atom is -0.271 e. The second-order valence-electron chi connectivity index (χ2n) is 4.32. The molecule has 6 heteroatoms. The van der Waals surface area contributed by atoms with E-state index in [1.165, 1.54) is 6.07 Å². The van der Waals surface area contributed by atoms with Gasteiger partial charge in [-0.3, -0.25) is 11.3 Å². The molecule has 1 atom stereocenters. The minimum atomic E-state index is -0.410. The molecule has 1 heterocycles. The van der Waals surface area contributed by atoms with Gasteiger partial charge >= 0.3 is 0 Å². The summed E-state index contributed by atoms with van der Waals surface area (Å²) in [7, 11) is 0. The van der Waals surface area contributed by atoms with E-state index in [2.05, 4.69) is 10.4 Å². The highest BCUT2D eigenvalue weighted by Gasteiger charge is 2.18. The van der Waals surface area contributed by atoms with Crippen LogP contribution >= 0.6 is 22.9 Å². The number of nitrogens with one attached hydrogen (secondary N) is 1. The third-order valence-corrected chi connectivity index (χ3v) is 4.52. The predicted octanol–water partition coefficient (Wildman–Crippen LogP) is 3.30. The number of aryl methyl sites for hydroxylation is 2. The molecule has 2 aromatic rings. The molecule has 102 valence electrons. The van der Waals surface area contributed by atoms with Gasteiger partial charge in [-0.25, -0.2) is 9.37 Å². The standard InChI is InChI=1S/C13H15ClFN3S/c1-7-13(19-8(2)17-7)11(18-16)6-9-4-3-5-10(15)12(9)14/h3-5,11,18H,6,16H2,1-2H3. The Kier molecular flexibility index (Phi) is 4.52. The van der Waals surface area contributed by atoms with Crippen molar-refractivity contribution in [2.24, 2.45) is 5.84 Å². The van der Waals surface area contributed by atoms with Crippen molar-refractivity contribution in [3.8, 4) is 0 Å². The van der Waals surface area contributed by atoms with Crippen molar-refractivity contribution in [3.63, 3.8) is 0 Å². The summed E-state index contributed by atoms with van der Waals surface area (Å²) in [6.45, 7) is 3.89. The van der Waals surface area contributed by atoms with Crippen molar-refractivity contribution in [1.82, 2.24) is 10.4 Å². The first kappa shape index (κ1) is 14.4. The third kappa shape index (κ3) is 3.12. The van der Waals surface area contributed by atoms with Crippen molar-refractivity contribution < 1.29 is 4.39 Å². The summed E-state index contributed by atoms with van der Waals surface area (Å²) in [5, 5.41) is 1.14. The average Bonchev–Trinajstić information content (AvgIpc) is 2.70. The SMILES string of the molecule is Cc1nc(C)c(C(Cc2cccc(F)c2Cl)NN)s1. The first-order valence-electron chi connectivity index (χ1n) is 5.86. The summed E-state index contributed by atoms with van der Waals surface area (Å²) >= 11 is 7.56. The highest BCUT2D eigenvalue weighted by atomic mass is 35.5. The second kappa shape index (κ2) is 5.96. The topological polar surface area (TPSA) is 50.9 Å². The number of hydrogen-bond acceptors (Lipinski definition) is 4. The average molecular weight is 300 g/mol. The molecule has 0 aliphatic rings. The summed E-state index contributed by atoms with van der Waals surface area (Å²) in [4.78, 5) is 5.43. The lowest BCUT2D eigenvalue weighted by atomic mass is 10.0. The second-order valence-corrected chi connectivity index (χ2v) is 5.93. The molecule has 0 aliphatic carbocycles. The van der Waals surface area contributed by atoms with Gasteiger partial charge in [-0.05, 0) is 31.9 Å². The lowest BCUT2D eigenvalue weighted by Crippen LogP contribution is -2.29. The number of halogens is 2. The molecule has 1 aromatic carbocycles. The largest absolute Gasteiger partial charge is 0.271 e. The number of hydrogen-bond donors (Lipinski definition) is 2. The number of nitrogens with zero attached hydrogens (tertiary/aromatic N) is 1.